The van der Waals surface area contributed by atoms with Crippen molar-refractivity contribution in [1.82, 2.24) is 10.2 Å². The third-order valence-corrected chi connectivity index (χ3v) is 8.42. The quantitative estimate of drug-likeness (QED) is 0.137. The Labute approximate surface area is 259 Å². The van der Waals surface area contributed by atoms with E-state index < -0.39 is 64.2 Å². The fourth-order valence-electron chi connectivity index (χ4n) is 5.44. The van der Waals surface area contributed by atoms with Crippen LogP contribution in [0.5, 0.6) is 11.6 Å². The number of benzene rings is 4. The predicted octanol–water partition coefficient (Wildman–Crippen LogP) is 11.8. The van der Waals surface area contributed by atoms with Crippen LogP contribution in [-0.4, -0.2) is 10.2 Å². The number of hydrogen-bond donors (Lipinski definition) is 0. The molecule has 0 aliphatic rings. The molecular weight excluding hydrogens is 676 g/mol. The zero-order valence-electron chi connectivity index (χ0n) is 23.1. The van der Waals surface area contributed by atoms with Gasteiger partial charge in [0, 0.05) is 21.0 Å². The maximum Gasteiger partial charge on any atom is 0.420 e. The van der Waals surface area contributed by atoms with Gasteiger partial charge in [-0.15, -0.1) is 21.5 Å². The molecule has 0 fully saturated rings. The fraction of sp³-hybridized carbons (Fsp3) is 0.161. The molecule has 0 aliphatic heterocycles. The van der Waals surface area contributed by atoms with E-state index in [0.717, 1.165) is 10.1 Å². The van der Waals surface area contributed by atoms with Crippen LogP contribution in [0.4, 0.5) is 52.7 Å². The van der Waals surface area contributed by atoms with E-state index in [1.807, 2.05) is 0 Å². The average Bonchev–Trinajstić information content (AvgIpc) is 3.38. The first-order valence-electron chi connectivity index (χ1n) is 13.1. The van der Waals surface area contributed by atoms with Crippen molar-refractivity contribution in [3.05, 3.63) is 94.5 Å². The Kier molecular flexibility index (Phi) is 7.38. The molecule has 6 aromatic rings. The average molecular weight is 691 g/mol. The predicted molar refractivity (Wildman–Crippen MR) is 149 cm³/mol. The molecule has 2 heterocycles. The van der Waals surface area contributed by atoms with Crippen LogP contribution in [0.1, 0.15) is 27.8 Å². The van der Waals surface area contributed by atoms with E-state index in [0.29, 0.717) is 15.6 Å². The molecule has 0 bridgehead atoms. The first kappa shape index (κ1) is 32.3. The van der Waals surface area contributed by atoms with Crippen molar-refractivity contribution in [1.29, 1.82) is 0 Å². The van der Waals surface area contributed by atoms with Gasteiger partial charge in [0.15, 0.2) is 0 Å². The third-order valence-electron chi connectivity index (χ3n) is 7.30. The molecule has 4 aromatic carbocycles. The number of ether oxygens (including phenoxy) is 1. The Morgan fingerprint density at radius 2 is 1.04 bits per heavy atom. The molecule has 0 atom stereocenters. The molecule has 0 spiro atoms. The number of fused-ring (bicyclic) bond motifs is 3. The Morgan fingerprint density at radius 1 is 0.553 bits per heavy atom. The van der Waals surface area contributed by atoms with Gasteiger partial charge in [-0.1, -0.05) is 42.5 Å². The number of thiophene rings is 1. The summed E-state index contributed by atoms with van der Waals surface area (Å²) < 4.78 is 175. The summed E-state index contributed by atoms with van der Waals surface area (Å²) in [5, 5.41) is 9.53. The Morgan fingerprint density at radius 3 is 1.57 bits per heavy atom. The van der Waals surface area contributed by atoms with Gasteiger partial charge >= 0.3 is 24.7 Å². The van der Waals surface area contributed by atoms with Crippen LogP contribution >= 0.6 is 11.3 Å². The molecule has 244 valence electrons. The van der Waals surface area contributed by atoms with Gasteiger partial charge in [-0.2, -0.15) is 52.7 Å². The van der Waals surface area contributed by atoms with Gasteiger partial charge < -0.3 is 4.74 Å². The molecule has 3 nitrogen and oxygen atoms in total. The fourth-order valence-corrected chi connectivity index (χ4v) is 6.50. The number of nitrogens with zero attached hydrogens (tertiary/aromatic N) is 2. The van der Waals surface area contributed by atoms with Crippen LogP contribution in [0.25, 0.3) is 42.2 Å². The Balaban J connectivity index is 1.71. The van der Waals surface area contributed by atoms with Gasteiger partial charge in [0.1, 0.15) is 17.0 Å². The number of hydrogen-bond acceptors (Lipinski definition) is 4. The summed E-state index contributed by atoms with van der Waals surface area (Å²) in [5.41, 5.74) is -14.9. The Bertz CT molecular complexity index is 2160. The third kappa shape index (κ3) is 5.68. The van der Waals surface area contributed by atoms with Crippen LogP contribution in [-0.2, 0) is 24.7 Å². The molecule has 6 rings (SSSR count). The lowest BCUT2D eigenvalue weighted by Gasteiger charge is -2.28. The standard InChI is InChI=1S/C31H14F12N2OS/c1-13-21(28(32,33)34)22(29(35,36)37)23(30(38,39)40)24(31(41,42)43)26(13)46-27-18-11-15-7-3-2-6-14(15)10-17(18)25(44-45-27)20-12-16-8-4-5-9-19(16)47-20/h2-12H,1H3. The van der Waals surface area contributed by atoms with E-state index in [2.05, 4.69) is 10.2 Å². The summed E-state index contributed by atoms with van der Waals surface area (Å²) in [5.74, 6) is -3.12. The molecule has 0 radical (unpaired) electrons. The molecular formula is C31H14F12N2OS. The van der Waals surface area contributed by atoms with Crippen molar-refractivity contribution in [2.45, 2.75) is 31.6 Å². The summed E-state index contributed by atoms with van der Waals surface area (Å²) >= 11 is 1.25. The van der Waals surface area contributed by atoms with Crippen LogP contribution < -0.4 is 4.74 Å². The first-order chi connectivity index (χ1) is 21.8. The second-order valence-electron chi connectivity index (χ2n) is 10.3. The van der Waals surface area contributed by atoms with Crippen LogP contribution in [0.2, 0.25) is 0 Å². The highest BCUT2D eigenvalue weighted by Gasteiger charge is 2.57. The molecule has 0 amide bonds. The van der Waals surface area contributed by atoms with E-state index in [4.69, 9.17) is 4.74 Å². The normalized spacial score (nSPS) is 13.2. The minimum atomic E-state index is -6.56. The molecule has 0 unspecified atom stereocenters. The van der Waals surface area contributed by atoms with Crippen molar-refractivity contribution in [3.63, 3.8) is 0 Å². The largest absolute Gasteiger partial charge is 0.436 e. The lowest BCUT2D eigenvalue weighted by Crippen LogP contribution is -2.29. The number of aromatic nitrogens is 2. The summed E-state index contributed by atoms with van der Waals surface area (Å²) in [6.45, 7) is 0.166. The van der Waals surface area contributed by atoms with E-state index in [-0.39, 0.29) is 23.4 Å². The lowest BCUT2D eigenvalue weighted by molar-refractivity contribution is -0.183. The number of halogens is 12. The van der Waals surface area contributed by atoms with Crippen molar-refractivity contribution in [2.24, 2.45) is 0 Å². The van der Waals surface area contributed by atoms with Gasteiger partial charge in [-0.05, 0) is 47.3 Å². The van der Waals surface area contributed by atoms with Gasteiger partial charge in [0.2, 0.25) is 5.88 Å². The second kappa shape index (κ2) is 10.7. The lowest BCUT2D eigenvalue weighted by atomic mass is 9.89. The minimum Gasteiger partial charge on any atom is -0.436 e. The van der Waals surface area contributed by atoms with E-state index in [1.165, 1.54) is 23.5 Å². The smallest absolute Gasteiger partial charge is 0.420 e. The summed E-state index contributed by atoms with van der Waals surface area (Å²) in [6.07, 6.45) is -25.5. The van der Waals surface area contributed by atoms with Crippen LogP contribution in [0, 0.1) is 6.92 Å². The number of rotatable bonds is 3. The molecule has 0 saturated carbocycles. The maximum absolute atomic E-state index is 14.4. The van der Waals surface area contributed by atoms with Crippen LogP contribution in [0.3, 0.4) is 0 Å². The van der Waals surface area contributed by atoms with Crippen molar-refractivity contribution in [2.75, 3.05) is 0 Å². The molecule has 0 N–H and O–H groups in total. The summed E-state index contributed by atoms with van der Waals surface area (Å²) in [7, 11) is 0. The zero-order valence-corrected chi connectivity index (χ0v) is 23.9. The highest BCUT2D eigenvalue weighted by Crippen LogP contribution is 2.56. The van der Waals surface area contributed by atoms with Gasteiger partial charge in [0.05, 0.1) is 21.6 Å². The summed E-state index contributed by atoms with van der Waals surface area (Å²) in [6, 6.07) is 18.2. The Hall–Kier alpha value is -4.60. The molecule has 0 aliphatic carbocycles. The summed E-state index contributed by atoms with van der Waals surface area (Å²) in [4.78, 5) is 0.505. The zero-order chi connectivity index (χ0) is 34.3. The highest BCUT2D eigenvalue weighted by molar-refractivity contribution is 7.22. The van der Waals surface area contributed by atoms with E-state index in [1.54, 1.807) is 54.6 Å². The molecule has 0 saturated heterocycles. The minimum absolute atomic E-state index is 0.144. The van der Waals surface area contributed by atoms with Gasteiger partial charge in [0.25, 0.3) is 0 Å². The van der Waals surface area contributed by atoms with Gasteiger partial charge in [-0.3, -0.25) is 0 Å². The van der Waals surface area contributed by atoms with Crippen molar-refractivity contribution < 1.29 is 57.4 Å². The van der Waals surface area contributed by atoms with E-state index >= 15 is 0 Å². The molecule has 2 aromatic heterocycles. The number of alkyl halides is 12. The second-order valence-corrected chi connectivity index (χ2v) is 11.4. The SMILES string of the molecule is Cc1c(Oc2nnc(-c3cc4ccccc4s3)c3cc4ccccc4cc23)c(C(F)(F)F)c(C(F)(F)F)c(C(F)(F)F)c1C(F)(F)F. The topological polar surface area (TPSA) is 35.0 Å². The van der Waals surface area contributed by atoms with Crippen LogP contribution in [0.15, 0.2) is 66.7 Å². The molecule has 16 heteroatoms. The van der Waals surface area contributed by atoms with Crippen molar-refractivity contribution >= 4 is 43.0 Å². The van der Waals surface area contributed by atoms with Crippen molar-refractivity contribution in [3.8, 4) is 22.2 Å². The maximum atomic E-state index is 14.4. The molecule has 47 heavy (non-hydrogen) atoms. The highest BCUT2D eigenvalue weighted by atomic mass is 32.1. The van der Waals surface area contributed by atoms with Gasteiger partial charge in [-0.25, -0.2) is 0 Å². The van der Waals surface area contributed by atoms with E-state index in [9.17, 15) is 52.7 Å². The first-order valence-corrected chi connectivity index (χ1v) is 13.9. The monoisotopic (exact) mass is 690 g/mol.